The third kappa shape index (κ3) is 4.27. The molecule has 0 unspecified atom stereocenters. The Morgan fingerprint density at radius 3 is 1.44 bits per heavy atom. The van der Waals surface area contributed by atoms with E-state index in [2.05, 4.69) is 20.6 Å². The SMILES string of the molecule is Clc1ccccc1N=C1Nc2ccccc2NC(=Nc2ccccc2Cl)S1. The minimum Gasteiger partial charge on any atom is -0.333 e. The van der Waals surface area contributed by atoms with Gasteiger partial charge in [0, 0.05) is 0 Å². The Morgan fingerprint density at radius 2 is 1.00 bits per heavy atom. The molecule has 0 aromatic heterocycles. The van der Waals surface area contributed by atoms with Crippen molar-refractivity contribution in [1.82, 2.24) is 0 Å². The van der Waals surface area contributed by atoms with Crippen LogP contribution >= 0.6 is 35.0 Å². The lowest BCUT2D eigenvalue weighted by Gasteiger charge is -2.07. The molecule has 0 atom stereocenters. The van der Waals surface area contributed by atoms with E-state index in [0.717, 1.165) is 11.4 Å². The molecule has 0 saturated carbocycles. The number of nitrogens with one attached hydrogen (secondary N) is 2. The van der Waals surface area contributed by atoms with Crippen LogP contribution in [0.5, 0.6) is 0 Å². The van der Waals surface area contributed by atoms with Crippen LogP contribution in [0.15, 0.2) is 82.8 Å². The van der Waals surface area contributed by atoms with Crippen molar-refractivity contribution < 1.29 is 0 Å². The molecule has 0 bridgehead atoms. The molecule has 3 aromatic carbocycles. The van der Waals surface area contributed by atoms with Gasteiger partial charge in [0.15, 0.2) is 10.3 Å². The number of amidine groups is 2. The van der Waals surface area contributed by atoms with Crippen LogP contribution in [0.25, 0.3) is 0 Å². The molecule has 134 valence electrons. The summed E-state index contributed by atoms with van der Waals surface area (Å²) in [6.45, 7) is 0. The fraction of sp³-hybridized carbons (Fsp3) is 0. The minimum absolute atomic E-state index is 0.586. The summed E-state index contributed by atoms with van der Waals surface area (Å²) in [4.78, 5) is 9.35. The summed E-state index contributed by atoms with van der Waals surface area (Å²) in [6.07, 6.45) is 0. The summed E-state index contributed by atoms with van der Waals surface area (Å²) >= 11 is 13.9. The van der Waals surface area contributed by atoms with Crippen molar-refractivity contribution in [3.63, 3.8) is 0 Å². The zero-order chi connectivity index (χ0) is 18.6. The van der Waals surface area contributed by atoms with Gasteiger partial charge in [-0.05, 0) is 48.2 Å². The van der Waals surface area contributed by atoms with Gasteiger partial charge in [-0.1, -0.05) is 59.6 Å². The highest BCUT2D eigenvalue weighted by molar-refractivity contribution is 8.27. The second-order valence-electron chi connectivity index (χ2n) is 5.63. The van der Waals surface area contributed by atoms with Gasteiger partial charge in [-0.3, -0.25) is 0 Å². The van der Waals surface area contributed by atoms with Crippen molar-refractivity contribution in [2.45, 2.75) is 0 Å². The molecule has 7 heteroatoms. The standard InChI is InChI=1S/C20H14Cl2N4S/c21-13-7-1-3-9-15(13)23-19-25-17-11-5-6-12-18(17)26-20(27-19)24-16-10-4-2-8-14(16)22/h1-12H,(H,23,25)(H,24,26). The van der Waals surface area contributed by atoms with E-state index >= 15 is 0 Å². The lowest BCUT2D eigenvalue weighted by atomic mass is 10.2. The summed E-state index contributed by atoms with van der Waals surface area (Å²) in [5.41, 5.74) is 3.18. The fourth-order valence-electron chi connectivity index (χ4n) is 2.48. The molecule has 4 rings (SSSR count). The average Bonchev–Trinajstić information content (AvgIpc) is 2.84. The number of benzene rings is 3. The quantitative estimate of drug-likeness (QED) is 0.478. The summed E-state index contributed by atoms with van der Waals surface area (Å²) in [6, 6.07) is 22.8. The van der Waals surface area contributed by atoms with Gasteiger partial charge in [0.05, 0.1) is 32.8 Å². The molecule has 0 radical (unpaired) electrons. The lowest BCUT2D eigenvalue weighted by molar-refractivity contribution is 1.51. The number of fused-ring (bicyclic) bond motifs is 1. The molecule has 0 amide bonds. The first-order chi connectivity index (χ1) is 13.2. The number of aliphatic imine (C=N–C) groups is 2. The normalized spacial score (nSPS) is 16.4. The van der Waals surface area contributed by atoms with Crippen LogP contribution in [0.4, 0.5) is 22.7 Å². The number of hydrogen-bond donors (Lipinski definition) is 2. The van der Waals surface area contributed by atoms with Gasteiger partial charge in [-0.25, -0.2) is 9.98 Å². The second kappa shape index (κ2) is 8.05. The Hall–Kier alpha value is -2.47. The molecular formula is C20H14Cl2N4S. The molecule has 0 spiro atoms. The van der Waals surface area contributed by atoms with E-state index in [4.69, 9.17) is 23.2 Å². The minimum atomic E-state index is 0.586. The van der Waals surface area contributed by atoms with Gasteiger partial charge in [0.1, 0.15) is 0 Å². The van der Waals surface area contributed by atoms with Crippen LogP contribution in [-0.4, -0.2) is 10.3 Å². The van der Waals surface area contributed by atoms with Gasteiger partial charge >= 0.3 is 0 Å². The Balaban J connectivity index is 1.77. The van der Waals surface area contributed by atoms with Crippen LogP contribution in [0, 0.1) is 0 Å². The molecule has 1 aliphatic heterocycles. The third-order valence-corrected chi connectivity index (χ3v) is 5.17. The highest BCUT2D eigenvalue weighted by Gasteiger charge is 2.17. The van der Waals surface area contributed by atoms with Crippen molar-refractivity contribution in [1.29, 1.82) is 0 Å². The van der Waals surface area contributed by atoms with E-state index in [1.165, 1.54) is 11.8 Å². The van der Waals surface area contributed by atoms with Crippen molar-refractivity contribution >= 4 is 68.0 Å². The molecule has 1 aliphatic rings. The zero-order valence-electron chi connectivity index (χ0n) is 14.0. The Bertz CT molecular complexity index is 967. The van der Waals surface area contributed by atoms with Crippen LogP contribution in [0.2, 0.25) is 10.0 Å². The molecule has 3 aromatic rings. The first kappa shape index (κ1) is 17.9. The largest absolute Gasteiger partial charge is 0.333 e. The Kier molecular flexibility index (Phi) is 5.34. The van der Waals surface area contributed by atoms with Gasteiger partial charge < -0.3 is 10.6 Å². The maximum absolute atomic E-state index is 6.26. The van der Waals surface area contributed by atoms with E-state index in [-0.39, 0.29) is 0 Å². The van der Waals surface area contributed by atoms with Crippen LogP contribution < -0.4 is 10.6 Å². The Labute approximate surface area is 171 Å². The van der Waals surface area contributed by atoms with E-state index in [0.29, 0.717) is 31.8 Å². The first-order valence-corrected chi connectivity index (χ1v) is 9.74. The number of anilines is 2. The topological polar surface area (TPSA) is 48.8 Å². The van der Waals surface area contributed by atoms with Crippen LogP contribution in [0.3, 0.4) is 0 Å². The maximum atomic E-state index is 6.26. The summed E-state index contributed by atoms with van der Waals surface area (Å²) in [7, 11) is 0. The number of halogens is 2. The molecule has 0 fully saturated rings. The smallest absolute Gasteiger partial charge is 0.174 e. The van der Waals surface area contributed by atoms with Crippen molar-refractivity contribution in [2.75, 3.05) is 10.6 Å². The van der Waals surface area contributed by atoms with E-state index in [1.54, 1.807) is 0 Å². The number of para-hydroxylation sites is 4. The predicted molar refractivity (Wildman–Crippen MR) is 118 cm³/mol. The van der Waals surface area contributed by atoms with Crippen molar-refractivity contribution in [2.24, 2.45) is 9.98 Å². The van der Waals surface area contributed by atoms with Crippen LogP contribution in [0.1, 0.15) is 0 Å². The summed E-state index contributed by atoms with van der Waals surface area (Å²) < 4.78 is 0. The fourth-order valence-corrected chi connectivity index (χ4v) is 3.63. The van der Waals surface area contributed by atoms with E-state index < -0.39 is 0 Å². The highest BCUT2D eigenvalue weighted by Crippen LogP contribution is 2.33. The van der Waals surface area contributed by atoms with Gasteiger partial charge in [0.25, 0.3) is 0 Å². The lowest BCUT2D eigenvalue weighted by Crippen LogP contribution is -2.10. The van der Waals surface area contributed by atoms with E-state index in [1.807, 2.05) is 72.8 Å². The third-order valence-electron chi connectivity index (χ3n) is 3.75. The second-order valence-corrected chi connectivity index (χ2v) is 7.43. The van der Waals surface area contributed by atoms with Crippen molar-refractivity contribution in [3.05, 3.63) is 82.8 Å². The van der Waals surface area contributed by atoms with Crippen LogP contribution in [-0.2, 0) is 0 Å². The summed E-state index contributed by atoms with van der Waals surface area (Å²) in [5.74, 6) is 0. The molecular weight excluding hydrogens is 399 g/mol. The first-order valence-electron chi connectivity index (χ1n) is 8.16. The molecule has 0 saturated heterocycles. The number of hydrogen-bond acceptors (Lipinski definition) is 3. The molecule has 4 nitrogen and oxygen atoms in total. The average molecular weight is 413 g/mol. The van der Waals surface area contributed by atoms with Gasteiger partial charge in [-0.2, -0.15) is 0 Å². The predicted octanol–water partition coefficient (Wildman–Crippen LogP) is 6.94. The van der Waals surface area contributed by atoms with Gasteiger partial charge in [0.2, 0.25) is 0 Å². The number of thioether (sulfide) groups is 1. The molecule has 1 heterocycles. The van der Waals surface area contributed by atoms with E-state index in [9.17, 15) is 0 Å². The van der Waals surface area contributed by atoms with Crippen molar-refractivity contribution in [3.8, 4) is 0 Å². The molecule has 2 N–H and O–H groups in total. The zero-order valence-corrected chi connectivity index (χ0v) is 16.3. The summed E-state index contributed by atoms with van der Waals surface area (Å²) in [5, 5.41) is 9.18. The highest BCUT2D eigenvalue weighted by atomic mass is 35.5. The molecule has 27 heavy (non-hydrogen) atoms. The number of nitrogens with zero attached hydrogens (tertiary/aromatic N) is 2. The Morgan fingerprint density at radius 1 is 0.593 bits per heavy atom. The van der Waals surface area contributed by atoms with Gasteiger partial charge in [-0.15, -0.1) is 0 Å². The monoisotopic (exact) mass is 412 g/mol. The number of rotatable bonds is 2. The molecule has 0 aliphatic carbocycles. The maximum Gasteiger partial charge on any atom is 0.174 e.